The lowest BCUT2D eigenvalue weighted by molar-refractivity contribution is -0.106. The van der Waals surface area contributed by atoms with Crippen molar-refractivity contribution in [2.45, 2.75) is 151 Å². The third-order valence-electron chi connectivity index (χ3n) is 11.7. The number of benzene rings is 1. The van der Waals surface area contributed by atoms with Crippen LogP contribution in [0.3, 0.4) is 0 Å². The average Bonchev–Trinajstić information content (AvgIpc) is 3.04. The van der Waals surface area contributed by atoms with Crippen LogP contribution in [0.2, 0.25) is 36.3 Å². The molecule has 8 atom stereocenters. The fraction of sp³-hybridized carbons (Fsp3) is 0.727. The third kappa shape index (κ3) is 15.3. The lowest BCUT2D eigenvalue weighted by atomic mass is 9.81. The second-order valence-electron chi connectivity index (χ2n) is 18.4. The lowest BCUT2D eigenvalue weighted by Gasteiger charge is -2.45. The molecule has 0 aliphatic carbocycles. The van der Waals surface area contributed by atoms with Crippen molar-refractivity contribution in [3.63, 3.8) is 0 Å². The number of hydrogen-bond donors (Lipinski definition) is 0. The minimum Gasteiger partial charge on any atom is -0.497 e. The number of rotatable bonds is 23. The summed E-state index contributed by atoms with van der Waals surface area (Å²) in [5.74, 6) is 1.78. The van der Waals surface area contributed by atoms with Crippen molar-refractivity contribution in [1.29, 1.82) is 0 Å². The highest BCUT2D eigenvalue weighted by Crippen LogP contribution is 2.42. The van der Waals surface area contributed by atoms with Gasteiger partial charge in [0.05, 0.1) is 32.0 Å². The van der Waals surface area contributed by atoms with Crippen LogP contribution in [0.25, 0.3) is 0 Å². The third-order valence-corrected chi connectivity index (χ3v) is 20.6. The first-order valence-electron chi connectivity index (χ1n) is 19.6. The second kappa shape index (κ2) is 21.5. The molecule has 0 spiro atoms. The molecule has 0 amide bonds. The monoisotopic (exact) mass is 761 g/mol. The molecule has 52 heavy (non-hydrogen) atoms. The Hall–Kier alpha value is -1.53. The number of methoxy groups -OCH3 is 2. The topological polar surface area (TPSA) is 55.4 Å². The van der Waals surface area contributed by atoms with E-state index in [0.29, 0.717) is 13.2 Å². The van der Waals surface area contributed by atoms with Crippen molar-refractivity contribution in [2.75, 3.05) is 27.6 Å². The molecule has 0 saturated heterocycles. The van der Waals surface area contributed by atoms with Gasteiger partial charge in [0.1, 0.15) is 12.5 Å². The second-order valence-corrected chi connectivity index (χ2v) is 28.0. The highest BCUT2D eigenvalue weighted by atomic mass is 28.4. The van der Waals surface area contributed by atoms with Gasteiger partial charge in [-0.1, -0.05) is 125 Å². The van der Waals surface area contributed by atoms with Gasteiger partial charge in [0.15, 0.2) is 16.6 Å². The van der Waals surface area contributed by atoms with Gasteiger partial charge < -0.3 is 27.8 Å². The van der Waals surface area contributed by atoms with Crippen LogP contribution in [0, 0.1) is 29.6 Å². The molecule has 300 valence electrons. The van der Waals surface area contributed by atoms with Crippen molar-refractivity contribution >= 4 is 16.6 Å². The number of ether oxygens (including phenoxy) is 4. The van der Waals surface area contributed by atoms with Gasteiger partial charge in [0.2, 0.25) is 0 Å². The van der Waals surface area contributed by atoms with Gasteiger partial charge in [-0.2, -0.15) is 0 Å². The van der Waals surface area contributed by atoms with Gasteiger partial charge in [-0.05, 0) is 73.2 Å². The van der Waals surface area contributed by atoms with E-state index in [9.17, 15) is 0 Å². The van der Waals surface area contributed by atoms with Crippen LogP contribution >= 0.6 is 0 Å². The van der Waals surface area contributed by atoms with Crippen molar-refractivity contribution in [1.82, 2.24) is 0 Å². The van der Waals surface area contributed by atoms with E-state index in [1.54, 1.807) is 14.2 Å². The lowest BCUT2D eigenvalue weighted by Crippen LogP contribution is -2.50. The molecule has 0 unspecified atom stereocenters. The summed E-state index contributed by atoms with van der Waals surface area (Å²) in [6, 6.07) is 8.15. The summed E-state index contributed by atoms with van der Waals surface area (Å²) in [7, 11) is -0.636. The summed E-state index contributed by atoms with van der Waals surface area (Å²) in [5.41, 5.74) is 2.46. The first-order chi connectivity index (χ1) is 23.9. The molecule has 0 aliphatic heterocycles. The molecule has 0 bridgehead atoms. The average molecular weight is 761 g/mol. The normalized spacial score (nSPS) is 18.4. The maximum atomic E-state index is 7.40. The van der Waals surface area contributed by atoms with Crippen LogP contribution in [0.4, 0.5) is 0 Å². The van der Waals surface area contributed by atoms with E-state index in [0.717, 1.165) is 17.7 Å². The van der Waals surface area contributed by atoms with Crippen LogP contribution in [-0.2, 0) is 29.7 Å². The molecule has 8 heteroatoms. The Morgan fingerprint density at radius 1 is 0.769 bits per heavy atom. The maximum Gasteiger partial charge on any atom is 0.192 e. The van der Waals surface area contributed by atoms with Crippen LogP contribution < -0.4 is 4.74 Å². The molecule has 0 aromatic heterocycles. The fourth-order valence-electron chi connectivity index (χ4n) is 6.37. The molecule has 0 N–H and O–H groups in total. The van der Waals surface area contributed by atoms with E-state index >= 15 is 0 Å². The van der Waals surface area contributed by atoms with Gasteiger partial charge in [0, 0.05) is 37.4 Å². The molecule has 1 aromatic rings. The largest absolute Gasteiger partial charge is 0.497 e. The Labute approximate surface area is 323 Å². The van der Waals surface area contributed by atoms with Gasteiger partial charge in [-0.25, -0.2) is 0 Å². The Bertz CT molecular complexity index is 1230. The van der Waals surface area contributed by atoms with Crippen molar-refractivity contribution in [2.24, 2.45) is 29.6 Å². The summed E-state index contributed by atoms with van der Waals surface area (Å²) in [6.07, 6.45) is 9.31. The van der Waals surface area contributed by atoms with Crippen molar-refractivity contribution in [3.8, 4) is 5.75 Å². The fourth-order valence-corrected chi connectivity index (χ4v) is 8.97. The Balaban J connectivity index is 3.44. The van der Waals surface area contributed by atoms with E-state index in [-0.39, 0.29) is 64.8 Å². The quantitative estimate of drug-likeness (QED) is 0.0479. The molecule has 0 fully saturated rings. The zero-order valence-corrected chi connectivity index (χ0v) is 38.7. The highest BCUT2D eigenvalue weighted by molar-refractivity contribution is 6.74. The van der Waals surface area contributed by atoms with E-state index in [4.69, 9.17) is 27.8 Å². The zero-order chi connectivity index (χ0) is 40.1. The van der Waals surface area contributed by atoms with Crippen LogP contribution in [-0.4, -0.2) is 62.6 Å². The minimum absolute atomic E-state index is 0.00236. The highest BCUT2D eigenvalue weighted by Gasteiger charge is 2.44. The van der Waals surface area contributed by atoms with Crippen LogP contribution in [0.15, 0.2) is 60.7 Å². The van der Waals surface area contributed by atoms with E-state index in [1.165, 1.54) is 5.57 Å². The Morgan fingerprint density at radius 3 is 1.85 bits per heavy atom. The molecule has 0 radical (unpaired) electrons. The SMILES string of the molecule is C=CC=C[C@H](C)[C@H](OCc1ccc(OC)cc1)[C@@H](C)[C@H](O[Si](C)(C)C(C)(C)C)[C@@H](C)CC(C)=C[C@H](C)[C@@H](OCOC)[C@@H](C)CO[Si](C)(C)C(C)(C)C. The molecule has 0 aliphatic rings. The van der Waals surface area contributed by atoms with E-state index in [2.05, 4.69) is 140 Å². The predicted molar refractivity (Wildman–Crippen MR) is 227 cm³/mol. The summed E-state index contributed by atoms with van der Waals surface area (Å²) < 4.78 is 38.0. The first-order valence-corrected chi connectivity index (χ1v) is 25.4. The summed E-state index contributed by atoms with van der Waals surface area (Å²) in [4.78, 5) is 0. The van der Waals surface area contributed by atoms with Crippen molar-refractivity contribution < 1.29 is 27.8 Å². The van der Waals surface area contributed by atoms with Gasteiger partial charge >= 0.3 is 0 Å². The standard InChI is InChI=1S/C44H80O6Si2/c1-20-21-22-33(3)41(47-30-38-23-25-39(46-15)26-24-38)37(7)42(50-52(18,19)44(11,12)13)35(5)28-32(2)27-34(4)40(48-31-45-14)36(6)29-49-51(16,17)43(8,9)10/h20-27,33-37,40-42H,1,28-31H2,2-19H3/t33-,34-,35-,36-,37+,40+,41-,42+/m0/s1. The summed E-state index contributed by atoms with van der Waals surface area (Å²) in [6.45, 7) is 42.3. The van der Waals surface area contributed by atoms with Crippen LogP contribution in [0.1, 0.15) is 95.1 Å². The van der Waals surface area contributed by atoms with E-state index in [1.807, 2.05) is 24.3 Å². The van der Waals surface area contributed by atoms with Crippen LogP contribution in [0.5, 0.6) is 5.75 Å². The summed E-state index contributed by atoms with van der Waals surface area (Å²) >= 11 is 0. The molecule has 6 nitrogen and oxygen atoms in total. The molecular formula is C44H80O6Si2. The smallest absolute Gasteiger partial charge is 0.192 e. The minimum atomic E-state index is -2.13. The van der Waals surface area contributed by atoms with Gasteiger partial charge in [-0.15, -0.1) is 0 Å². The Kier molecular flexibility index (Phi) is 20.1. The first kappa shape index (κ1) is 48.5. The molecule has 0 heterocycles. The molecule has 0 saturated carbocycles. The summed E-state index contributed by atoms with van der Waals surface area (Å²) in [5, 5.41) is 0.236. The Morgan fingerprint density at radius 2 is 1.35 bits per heavy atom. The maximum absolute atomic E-state index is 7.40. The molecular weight excluding hydrogens is 681 g/mol. The number of hydrogen-bond acceptors (Lipinski definition) is 6. The van der Waals surface area contributed by atoms with E-state index < -0.39 is 16.6 Å². The predicted octanol–water partition coefficient (Wildman–Crippen LogP) is 12.2. The number of allylic oxidation sites excluding steroid dienone is 3. The van der Waals surface area contributed by atoms with Gasteiger partial charge in [0.25, 0.3) is 0 Å². The zero-order valence-electron chi connectivity index (χ0n) is 36.7. The van der Waals surface area contributed by atoms with Crippen molar-refractivity contribution in [3.05, 3.63) is 66.3 Å². The van der Waals surface area contributed by atoms with Gasteiger partial charge in [-0.3, -0.25) is 0 Å². The molecule has 1 aromatic carbocycles. The molecule has 1 rings (SSSR count).